The van der Waals surface area contributed by atoms with Crippen LogP contribution in [0.3, 0.4) is 0 Å². The molecule has 1 N–H and O–H groups in total. The van der Waals surface area contributed by atoms with Gasteiger partial charge in [-0.15, -0.1) is 11.3 Å². The van der Waals surface area contributed by atoms with Gasteiger partial charge in [0.15, 0.2) is 0 Å². The summed E-state index contributed by atoms with van der Waals surface area (Å²) in [5, 5.41) is 3.87. The highest BCUT2D eigenvalue weighted by Crippen LogP contribution is 2.33. The van der Waals surface area contributed by atoms with Crippen molar-refractivity contribution in [1.82, 2.24) is 10.3 Å². The van der Waals surface area contributed by atoms with Crippen LogP contribution in [0.4, 0.5) is 5.69 Å². The van der Waals surface area contributed by atoms with E-state index in [4.69, 9.17) is 4.74 Å². The van der Waals surface area contributed by atoms with E-state index in [1.807, 2.05) is 76.2 Å². The van der Waals surface area contributed by atoms with Crippen LogP contribution >= 0.6 is 11.3 Å². The Kier molecular flexibility index (Phi) is 7.44. The summed E-state index contributed by atoms with van der Waals surface area (Å²) in [7, 11) is 0. The maximum Gasteiger partial charge on any atom is 0.271 e. The van der Waals surface area contributed by atoms with Gasteiger partial charge in [-0.05, 0) is 69.4 Å². The van der Waals surface area contributed by atoms with Crippen molar-refractivity contribution in [3.8, 4) is 0 Å². The third kappa shape index (κ3) is 5.21. The van der Waals surface area contributed by atoms with E-state index >= 15 is 0 Å². The molecule has 2 heterocycles. The number of hydrogen-bond donors (Lipinski definition) is 1. The van der Waals surface area contributed by atoms with Gasteiger partial charge in [0.05, 0.1) is 16.8 Å². The molecule has 178 valence electrons. The van der Waals surface area contributed by atoms with Gasteiger partial charge < -0.3 is 10.1 Å². The van der Waals surface area contributed by atoms with Crippen molar-refractivity contribution >= 4 is 28.8 Å². The Hall–Kier alpha value is -3.03. The third-order valence-corrected chi connectivity index (χ3v) is 7.30. The highest BCUT2D eigenvalue weighted by Gasteiger charge is 2.35. The van der Waals surface area contributed by atoms with E-state index in [0.29, 0.717) is 22.8 Å². The van der Waals surface area contributed by atoms with Crippen LogP contribution in [-0.4, -0.2) is 36.1 Å². The van der Waals surface area contributed by atoms with Gasteiger partial charge >= 0.3 is 0 Å². The average Bonchev–Trinajstić information content (AvgIpc) is 3.47. The number of nitrogens with zero attached hydrogens (tertiary/aromatic N) is 2. The smallest absolute Gasteiger partial charge is 0.271 e. The van der Waals surface area contributed by atoms with E-state index < -0.39 is 6.04 Å². The molecule has 4 rings (SSSR count). The molecule has 2 amide bonds. The molecule has 1 aliphatic heterocycles. The first-order valence-corrected chi connectivity index (χ1v) is 12.5. The maximum atomic E-state index is 14.0. The summed E-state index contributed by atoms with van der Waals surface area (Å²) in [6.45, 7) is 8.92. The monoisotopic (exact) mass is 477 g/mol. The SMILES string of the molecule is Cc1nc(C)c(C(=O)N(c2ccc(C)c(C)c2)[C@@H](C(=O)NC[C@H]2CCCO2)c2ccccc2)s1. The predicted octanol–water partition coefficient (Wildman–Crippen LogP) is 5.06. The van der Waals surface area contributed by atoms with Gasteiger partial charge in [-0.25, -0.2) is 4.98 Å². The van der Waals surface area contributed by atoms with Crippen molar-refractivity contribution in [3.05, 3.63) is 80.8 Å². The lowest BCUT2D eigenvalue weighted by atomic mass is 10.0. The van der Waals surface area contributed by atoms with Crippen LogP contribution < -0.4 is 10.2 Å². The third-order valence-electron chi connectivity index (χ3n) is 6.24. The van der Waals surface area contributed by atoms with Crippen LogP contribution in [0, 0.1) is 27.7 Å². The van der Waals surface area contributed by atoms with E-state index in [2.05, 4.69) is 10.3 Å². The molecule has 0 bridgehead atoms. The summed E-state index contributed by atoms with van der Waals surface area (Å²) < 4.78 is 5.70. The Balaban J connectivity index is 1.79. The van der Waals surface area contributed by atoms with Crippen molar-refractivity contribution in [2.75, 3.05) is 18.1 Å². The fourth-order valence-electron chi connectivity index (χ4n) is 4.27. The molecule has 1 aromatic heterocycles. The van der Waals surface area contributed by atoms with E-state index in [-0.39, 0.29) is 17.9 Å². The first-order chi connectivity index (χ1) is 16.3. The lowest BCUT2D eigenvalue weighted by Crippen LogP contribution is -2.45. The zero-order chi connectivity index (χ0) is 24.2. The highest BCUT2D eigenvalue weighted by molar-refractivity contribution is 7.13. The number of amides is 2. The van der Waals surface area contributed by atoms with Crippen molar-refractivity contribution in [3.63, 3.8) is 0 Å². The topological polar surface area (TPSA) is 71.5 Å². The Morgan fingerprint density at radius 2 is 1.88 bits per heavy atom. The van der Waals surface area contributed by atoms with Crippen LogP contribution in [0.2, 0.25) is 0 Å². The molecule has 34 heavy (non-hydrogen) atoms. The second kappa shape index (κ2) is 10.5. The first-order valence-electron chi connectivity index (χ1n) is 11.6. The van der Waals surface area contributed by atoms with Crippen LogP contribution in [0.5, 0.6) is 0 Å². The highest BCUT2D eigenvalue weighted by atomic mass is 32.1. The predicted molar refractivity (Wildman–Crippen MR) is 135 cm³/mol. The molecule has 0 spiro atoms. The van der Waals surface area contributed by atoms with Gasteiger partial charge in [-0.3, -0.25) is 14.5 Å². The molecule has 2 atom stereocenters. The number of nitrogens with one attached hydrogen (secondary N) is 1. The van der Waals surface area contributed by atoms with E-state index in [1.165, 1.54) is 11.3 Å². The molecule has 0 aliphatic carbocycles. The number of rotatable bonds is 7. The molecule has 0 radical (unpaired) electrons. The molecule has 2 aromatic carbocycles. The lowest BCUT2D eigenvalue weighted by Gasteiger charge is -2.32. The summed E-state index contributed by atoms with van der Waals surface area (Å²) >= 11 is 1.36. The number of benzene rings is 2. The van der Waals surface area contributed by atoms with Crippen LogP contribution in [-0.2, 0) is 9.53 Å². The minimum atomic E-state index is -0.834. The maximum absolute atomic E-state index is 14.0. The molecule has 7 heteroatoms. The number of aromatic nitrogens is 1. The second-order valence-corrected chi connectivity index (χ2v) is 9.99. The molecular formula is C27H31N3O3S. The zero-order valence-corrected chi connectivity index (χ0v) is 20.9. The van der Waals surface area contributed by atoms with Crippen LogP contribution in [0.25, 0.3) is 0 Å². The number of anilines is 1. The largest absolute Gasteiger partial charge is 0.376 e. The minimum Gasteiger partial charge on any atom is -0.376 e. The second-order valence-electron chi connectivity index (χ2n) is 8.78. The Labute approximate surface area is 205 Å². The number of carbonyl (C=O) groups excluding carboxylic acids is 2. The molecule has 1 aliphatic rings. The number of ether oxygens (including phenoxy) is 1. The molecule has 0 unspecified atom stereocenters. The number of thiazole rings is 1. The van der Waals surface area contributed by atoms with Gasteiger partial charge in [0, 0.05) is 18.8 Å². The van der Waals surface area contributed by atoms with Gasteiger partial charge in [0.25, 0.3) is 5.91 Å². The number of hydrogen-bond acceptors (Lipinski definition) is 5. The quantitative estimate of drug-likeness (QED) is 0.516. The zero-order valence-electron chi connectivity index (χ0n) is 20.1. The van der Waals surface area contributed by atoms with E-state index in [1.54, 1.807) is 4.90 Å². The van der Waals surface area contributed by atoms with Gasteiger partial charge in [0.1, 0.15) is 10.9 Å². The molecule has 3 aromatic rings. The first kappa shape index (κ1) is 24.1. The summed E-state index contributed by atoms with van der Waals surface area (Å²) in [4.78, 5) is 34.4. The molecule has 1 saturated heterocycles. The standard InChI is InChI=1S/C27H31N3O3S/c1-17-12-13-22(15-18(17)2)30(27(32)25-19(3)29-20(4)34-25)24(21-9-6-5-7-10-21)26(31)28-16-23-11-8-14-33-23/h5-7,9-10,12-13,15,23-24H,8,11,14,16H2,1-4H3,(H,28,31)/t23-,24-/m1/s1. The van der Waals surface area contributed by atoms with Crippen molar-refractivity contribution in [1.29, 1.82) is 0 Å². The summed E-state index contributed by atoms with van der Waals surface area (Å²) in [6, 6.07) is 14.5. The Morgan fingerprint density at radius 1 is 1.12 bits per heavy atom. The molecule has 6 nitrogen and oxygen atoms in total. The fourth-order valence-corrected chi connectivity index (χ4v) is 5.12. The van der Waals surface area contributed by atoms with Crippen molar-refractivity contribution < 1.29 is 14.3 Å². The Morgan fingerprint density at radius 3 is 2.50 bits per heavy atom. The summed E-state index contributed by atoms with van der Waals surface area (Å²) in [5.41, 5.74) is 4.28. The normalized spacial score (nSPS) is 16.3. The van der Waals surface area contributed by atoms with E-state index in [9.17, 15) is 9.59 Å². The Bertz CT molecular complexity index is 1170. The van der Waals surface area contributed by atoms with Crippen molar-refractivity contribution in [2.24, 2.45) is 0 Å². The molecular weight excluding hydrogens is 446 g/mol. The van der Waals surface area contributed by atoms with E-state index in [0.717, 1.165) is 41.1 Å². The summed E-state index contributed by atoms with van der Waals surface area (Å²) in [5.74, 6) is -0.459. The lowest BCUT2D eigenvalue weighted by molar-refractivity contribution is -0.123. The van der Waals surface area contributed by atoms with Gasteiger partial charge in [0.2, 0.25) is 5.91 Å². The van der Waals surface area contributed by atoms with Gasteiger partial charge in [-0.1, -0.05) is 36.4 Å². The number of carbonyl (C=O) groups is 2. The molecule has 1 fully saturated rings. The molecule has 0 saturated carbocycles. The van der Waals surface area contributed by atoms with Crippen LogP contribution in [0.1, 0.15) is 55.9 Å². The average molecular weight is 478 g/mol. The summed E-state index contributed by atoms with van der Waals surface area (Å²) in [6.07, 6.45) is 1.94. The van der Waals surface area contributed by atoms with Crippen LogP contribution in [0.15, 0.2) is 48.5 Å². The van der Waals surface area contributed by atoms with Gasteiger partial charge in [-0.2, -0.15) is 0 Å². The number of aryl methyl sites for hydroxylation is 4. The van der Waals surface area contributed by atoms with Crippen molar-refractivity contribution in [2.45, 2.75) is 52.7 Å². The minimum absolute atomic E-state index is 0.0116. The fraction of sp³-hybridized carbons (Fsp3) is 0.370.